The van der Waals surface area contributed by atoms with Gasteiger partial charge in [-0.05, 0) is 18.2 Å². The number of carbonyl (C=O) groups excluding carboxylic acids is 2. The average Bonchev–Trinajstić information content (AvgIpc) is 2.86. The van der Waals surface area contributed by atoms with Gasteiger partial charge < -0.3 is 4.90 Å². The molecule has 23 heavy (non-hydrogen) atoms. The number of rotatable bonds is 4. The molecule has 2 aromatic rings. The van der Waals surface area contributed by atoms with Crippen LogP contribution < -0.4 is 10.3 Å². The number of amides is 2. The van der Waals surface area contributed by atoms with Crippen LogP contribution in [0.1, 0.15) is 15.9 Å². The number of fused-ring (bicyclic) bond motifs is 1. The molecule has 0 aromatic heterocycles. The standard InChI is InChI=1S/C18H15N3O2/c1-2-12-21-15-11-7-6-10-14(15)16(18(21)23)19-20-17(22)13-8-4-3-5-9-13/h2-11H,1,12H2,(H,20,22)/b19-16-. The van der Waals surface area contributed by atoms with E-state index < -0.39 is 0 Å². The summed E-state index contributed by atoms with van der Waals surface area (Å²) < 4.78 is 0. The molecule has 0 atom stereocenters. The van der Waals surface area contributed by atoms with Crippen LogP contribution in [0.5, 0.6) is 0 Å². The molecule has 3 rings (SSSR count). The SMILES string of the molecule is C=CCN1C(=O)/C(=N\NC(=O)c2ccccc2)c2ccccc21. The quantitative estimate of drug-likeness (QED) is 0.696. The van der Waals surface area contributed by atoms with Crippen molar-refractivity contribution in [2.75, 3.05) is 11.4 Å². The fourth-order valence-electron chi connectivity index (χ4n) is 2.44. The minimum Gasteiger partial charge on any atom is -0.302 e. The second kappa shape index (κ2) is 6.27. The van der Waals surface area contributed by atoms with Crippen molar-refractivity contribution >= 4 is 23.2 Å². The van der Waals surface area contributed by atoms with E-state index in [0.717, 1.165) is 5.69 Å². The maximum absolute atomic E-state index is 12.5. The summed E-state index contributed by atoms with van der Waals surface area (Å²) in [5, 5.41) is 4.05. The first-order chi connectivity index (χ1) is 11.2. The number of nitrogens with one attached hydrogen (secondary N) is 1. The lowest BCUT2D eigenvalue weighted by Gasteiger charge is -2.13. The van der Waals surface area contributed by atoms with Crippen LogP contribution in [0, 0.1) is 0 Å². The van der Waals surface area contributed by atoms with Gasteiger partial charge in [0, 0.05) is 17.7 Å². The first kappa shape index (κ1) is 14.7. The smallest absolute Gasteiger partial charge is 0.279 e. The zero-order valence-corrected chi connectivity index (χ0v) is 12.4. The molecule has 0 bridgehead atoms. The Kier molecular flexibility index (Phi) is 4.01. The Morgan fingerprint density at radius 3 is 2.57 bits per heavy atom. The fourth-order valence-corrected chi connectivity index (χ4v) is 2.44. The molecule has 0 spiro atoms. The van der Waals surface area contributed by atoms with Gasteiger partial charge in [0.2, 0.25) is 0 Å². The van der Waals surface area contributed by atoms with Crippen molar-refractivity contribution in [1.29, 1.82) is 0 Å². The van der Waals surface area contributed by atoms with E-state index in [-0.39, 0.29) is 17.5 Å². The van der Waals surface area contributed by atoms with E-state index in [0.29, 0.717) is 17.7 Å². The first-order valence-electron chi connectivity index (χ1n) is 7.17. The molecule has 1 N–H and O–H groups in total. The van der Waals surface area contributed by atoms with Gasteiger partial charge in [-0.25, -0.2) is 5.43 Å². The van der Waals surface area contributed by atoms with Crippen LogP contribution in [0.15, 0.2) is 72.4 Å². The lowest BCUT2D eigenvalue weighted by Crippen LogP contribution is -2.31. The molecule has 5 nitrogen and oxygen atoms in total. The van der Waals surface area contributed by atoms with Crippen molar-refractivity contribution in [2.24, 2.45) is 5.10 Å². The van der Waals surface area contributed by atoms with Gasteiger partial charge in [0.25, 0.3) is 11.8 Å². The number of hydrogen-bond donors (Lipinski definition) is 1. The van der Waals surface area contributed by atoms with Gasteiger partial charge in [-0.1, -0.05) is 42.5 Å². The fraction of sp³-hybridized carbons (Fsp3) is 0.0556. The Hall–Kier alpha value is -3.21. The molecular formula is C18H15N3O2. The number of benzene rings is 2. The highest BCUT2D eigenvalue weighted by Crippen LogP contribution is 2.28. The Morgan fingerprint density at radius 1 is 1.13 bits per heavy atom. The second-order valence-corrected chi connectivity index (χ2v) is 4.99. The summed E-state index contributed by atoms with van der Waals surface area (Å²) in [5.41, 5.74) is 4.63. The van der Waals surface area contributed by atoms with E-state index in [1.807, 2.05) is 30.3 Å². The molecule has 1 heterocycles. The van der Waals surface area contributed by atoms with Crippen LogP contribution in [0.3, 0.4) is 0 Å². The maximum atomic E-state index is 12.5. The predicted molar refractivity (Wildman–Crippen MR) is 89.4 cm³/mol. The minimum absolute atomic E-state index is 0.228. The summed E-state index contributed by atoms with van der Waals surface area (Å²) in [4.78, 5) is 26.1. The Bertz CT molecular complexity index is 797. The minimum atomic E-state index is -0.356. The molecular weight excluding hydrogens is 290 g/mol. The van der Waals surface area contributed by atoms with Crippen molar-refractivity contribution in [3.05, 3.63) is 78.4 Å². The molecule has 2 amide bonds. The molecule has 1 aliphatic rings. The topological polar surface area (TPSA) is 61.8 Å². The van der Waals surface area contributed by atoms with Gasteiger partial charge in [0.05, 0.1) is 5.69 Å². The molecule has 0 aliphatic carbocycles. The van der Waals surface area contributed by atoms with Crippen molar-refractivity contribution in [2.45, 2.75) is 0 Å². The van der Waals surface area contributed by atoms with Crippen molar-refractivity contribution < 1.29 is 9.59 Å². The van der Waals surface area contributed by atoms with Crippen LogP contribution >= 0.6 is 0 Å². The molecule has 2 aromatic carbocycles. The van der Waals surface area contributed by atoms with Crippen LogP contribution in [0.25, 0.3) is 0 Å². The molecule has 0 unspecified atom stereocenters. The van der Waals surface area contributed by atoms with Gasteiger partial charge in [-0.2, -0.15) is 5.10 Å². The first-order valence-corrected chi connectivity index (χ1v) is 7.17. The second-order valence-electron chi connectivity index (χ2n) is 4.99. The van der Waals surface area contributed by atoms with Gasteiger partial charge in [0.1, 0.15) is 0 Å². The summed E-state index contributed by atoms with van der Waals surface area (Å²) in [6.07, 6.45) is 1.65. The van der Waals surface area contributed by atoms with Crippen LogP contribution in [-0.2, 0) is 4.79 Å². The number of anilines is 1. The Balaban J connectivity index is 1.89. The van der Waals surface area contributed by atoms with Crippen molar-refractivity contribution in [3.63, 3.8) is 0 Å². The van der Waals surface area contributed by atoms with Crippen LogP contribution in [0.4, 0.5) is 5.69 Å². The summed E-state index contributed by atoms with van der Waals surface area (Å²) in [6, 6.07) is 16.1. The lowest BCUT2D eigenvalue weighted by molar-refractivity contribution is -0.112. The summed E-state index contributed by atoms with van der Waals surface area (Å²) in [5.74, 6) is -0.606. The van der Waals surface area contributed by atoms with Gasteiger partial charge >= 0.3 is 0 Å². The van der Waals surface area contributed by atoms with Crippen molar-refractivity contribution in [3.8, 4) is 0 Å². The maximum Gasteiger partial charge on any atom is 0.279 e. The van der Waals surface area contributed by atoms with E-state index >= 15 is 0 Å². The van der Waals surface area contributed by atoms with Crippen LogP contribution in [0.2, 0.25) is 0 Å². The third-order valence-corrected chi connectivity index (χ3v) is 3.51. The molecule has 0 fully saturated rings. The number of carbonyl (C=O) groups is 2. The van der Waals surface area contributed by atoms with E-state index in [9.17, 15) is 9.59 Å². The van der Waals surface area contributed by atoms with E-state index in [1.165, 1.54) is 0 Å². The average molecular weight is 305 g/mol. The normalized spacial score (nSPS) is 14.7. The Morgan fingerprint density at radius 2 is 1.83 bits per heavy atom. The Labute approximate surface area is 133 Å². The van der Waals surface area contributed by atoms with E-state index in [4.69, 9.17) is 0 Å². The summed E-state index contributed by atoms with van der Waals surface area (Å²) in [7, 11) is 0. The molecule has 0 saturated heterocycles. The summed E-state index contributed by atoms with van der Waals surface area (Å²) in [6.45, 7) is 4.06. The highest BCUT2D eigenvalue weighted by Gasteiger charge is 2.33. The molecule has 0 radical (unpaired) electrons. The number of hydrogen-bond acceptors (Lipinski definition) is 3. The number of para-hydroxylation sites is 1. The highest BCUT2D eigenvalue weighted by atomic mass is 16.2. The highest BCUT2D eigenvalue weighted by molar-refractivity contribution is 6.54. The van der Waals surface area contributed by atoms with Crippen LogP contribution in [-0.4, -0.2) is 24.1 Å². The largest absolute Gasteiger partial charge is 0.302 e. The lowest BCUT2D eigenvalue weighted by atomic mass is 10.1. The van der Waals surface area contributed by atoms with Crippen molar-refractivity contribution in [1.82, 2.24) is 5.43 Å². The zero-order valence-electron chi connectivity index (χ0n) is 12.4. The molecule has 0 saturated carbocycles. The molecule has 1 aliphatic heterocycles. The predicted octanol–water partition coefficient (Wildman–Crippen LogP) is 2.35. The number of nitrogens with zero attached hydrogens (tertiary/aromatic N) is 2. The summed E-state index contributed by atoms with van der Waals surface area (Å²) >= 11 is 0. The third kappa shape index (κ3) is 2.76. The molecule has 114 valence electrons. The zero-order chi connectivity index (χ0) is 16.2. The van der Waals surface area contributed by atoms with Gasteiger partial charge in [-0.3, -0.25) is 9.59 Å². The van der Waals surface area contributed by atoms with Gasteiger partial charge in [-0.15, -0.1) is 6.58 Å². The van der Waals surface area contributed by atoms with Gasteiger partial charge in [0.15, 0.2) is 5.71 Å². The molecule has 5 heteroatoms. The van der Waals surface area contributed by atoms with E-state index in [2.05, 4.69) is 17.1 Å². The monoisotopic (exact) mass is 305 g/mol. The third-order valence-electron chi connectivity index (χ3n) is 3.51. The van der Waals surface area contributed by atoms with E-state index in [1.54, 1.807) is 35.2 Å². The number of hydrazone groups is 1.